The second kappa shape index (κ2) is 7.31. The summed E-state index contributed by atoms with van der Waals surface area (Å²) < 4.78 is 5.35. The number of rotatable bonds is 7. The summed E-state index contributed by atoms with van der Waals surface area (Å²) in [5, 5.41) is 18.3. The van der Waals surface area contributed by atoms with Gasteiger partial charge in [-0.15, -0.1) is 0 Å². The lowest BCUT2D eigenvalue weighted by molar-refractivity contribution is 0.113. The molecule has 102 valence electrons. The van der Waals surface area contributed by atoms with E-state index < -0.39 is 6.10 Å². The Bertz CT molecular complexity index is 379. The van der Waals surface area contributed by atoms with Gasteiger partial charge in [0.1, 0.15) is 0 Å². The van der Waals surface area contributed by atoms with Gasteiger partial charge >= 0.3 is 6.01 Å². The van der Waals surface area contributed by atoms with E-state index in [2.05, 4.69) is 20.4 Å². The number of hydrogen-bond donors (Lipinski definition) is 4. The molecule has 0 fully saturated rings. The van der Waals surface area contributed by atoms with E-state index >= 15 is 0 Å². The van der Waals surface area contributed by atoms with E-state index in [1.807, 2.05) is 13.8 Å². The molecule has 1 atom stereocenters. The van der Waals surface area contributed by atoms with Crippen molar-refractivity contribution < 1.29 is 14.9 Å². The quantitative estimate of drug-likeness (QED) is 0.293. The number of hydrazine groups is 1. The van der Waals surface area contributed by atoms with Crippen molar-refractivity contribution in [2.24, 2.45) is 5.84 Å². The summed E-state index contributed by atoms with van der Waals surface area (Å²) in [7, 11) is 0. The molecule has 5 N–H and O–H groups in total. The molecule has 0 spiro atoms. The lowest BCUT2D eigenvalue weighted by Gasteiger charge is -2.10. The molecule has 18 heavy (non-hydrogen) atoms. The average molecular weight is 275 g/mol. The van der Waals surface area contributed by atoms with Crippen molar-refractivity contribution >= 4 is 17.7 Å². The van der Waals surface area contributed by atoms with Crippen LogP contribution in [0.15, 0.2) is 5.16 Å². The summed E-state index contributed by atoms with van der Waals surface area (Å²) in [5.41, 5.74) is 2.32. The van der Waals surface area contributed by atoms with E-state index in [0.29, 0.717) is 5.16 Å². The number of ether oxygens (including phenoxy) is 1. The van der Waals surface area contributed by atoms with Crippen LogP contribution in [0.2, 0.25) is 0 Å². The molecule has 0 aromatic carbocycles. The van der Waals surface area contributed by atoms with Gasteiger partial charge in [0.25, 0.3) is 0 Å². The number of aromatic nitrogens is 3. The number of aliphatic hydroxyl groups excluding tert-OH is 2. The van der Waals surface area contributed by atoms with Crippen LogP contribution in [0.4, 0.5) is 5.95 Å². The van der Waals surface area contributed by atoms with Crippen LogP contribution in [0.25, 0.3) is 0 Å². The second-order valence-electron chi connectivity index (χ2n) is 3.68. The standard InChI is InChI=1S/C9H17N5O3S/c1-5(2)17-8-11-7(14-10)12-9(13-8)18-4-6(16)3-15/h5-6,15-16H,3-4,10H2,1-2H3,(H,11,12,13,14). The highest BCUT2D eigenvalue weighted by Gasteiger charge is 2.11. The molecule has 1 aromatic heterocycles. The van der Waals surface area contributed by atoms with E-state index in [1.54, 1.807) is 0 Å². The van der Waals surface area contributed by atoms with Gasteiger partial charge in [-0.2, -0.15) is 15.0 Å². The van der Waals surface area contributed by atoms with Gasteiger partial charge in [0.2, 0.25) is 5.95 Å². The maximum atomic E-state index is 9.25. The zero-order valence-corrected chi connectivity index (χ0v) is 11.0. The Hall–Kier alpha value is -1.16. The number of anilines is 1. The van der Waals surface area contributed by atoms with Gasteiger partial charge in [-0.05, 0) is 13.8 Å². The molecule has 0 saturated carbocycles. The monoisotopic (exact) mass is 275 g/mol. The third-order valence-corrected chi connectivity index (χ3v) is 2.67. The number of hydrogen-bond acceptors (Lipinski definition) is 9. The Balaban J connectivity index is 2.76. The Morgan fingerprint density at radius 3 is 2.67 bits per heavy atom. The van der Waals surface area contributed by atoms with Gasteiger partial charge in [-0.25, -0.2) is 5.84 Å². The average Bonchev–Trinajstić information content (AvgIpc) is 2.34. The molecule has 1 heterocycles. The van der Waals surface area contributed by atoms with E-state index in [0.717, 1.165) is 0 Å². The number of thioether (sulfide) groups is 1. The summed E-state index contributed by atoms with van der Waals surface area (Å²) in [4.78, 5) is 12.0. The van der Waals surface area contributed by atoms with Crippen molar-refractivity contribution in [2.45, 2.75) is 31.2 Å². The van der Waals surface area contributed by atoms with E-state index in [9.17, 15) is 5.11 Å². The highest BCUT2D eigenvalue weighted by atomic mass is 32.2. The number of nitrogen functional groups attached to an aromatic ring is 1. The summed E-state index contributed by atoms with van der Waals surface area (Å²) in [6.45, 7) is 3.39. The molecule has 1 aromatic rings. The molecule has 0 saturated heterocycles. The van der Waals surface area contributed by atoms with Crippen molar-refractivity contribution in [1.82, 2.24) is 15.0 Å². The normalized spacial score (nSPS) is 12.6. The van der Waals surface area contributed by atoms with Gasteiger partial charge in [0.15, 0.2) is 5.16 Å². The molecule has 0 aliphatic rings. The molecule has 9 heteroatoms. The fraction of sp³-hybridized carbons (Fsp3) is 0.667. The van der Waals surface area contributed by atoms with Gasteiger partial charge < -0.3 is 14.9 Å². The maximum absolute atomic E-state index is 9.25. The first kappa shape index (κ1) is 14.9. The van der Waals surface area contributed by atoms with Crippen LogP contribution < -0.4 is 16.0 Å². The van der Waals surface area contributed by atoms with Crippen LogP contribution in [-0.4, -0.2) is 49.7 Å². The number of nitrogens with zero attached hydrogens (tertiary/aromatic N) is 3. The molecule has 0 aliphatic heterocycles. The second-order valence-corrected chi connectivity index (χ2v) is 4.67. The predicted molar refractivity (Wildman–Crippen MR) is 67.2 cm³/mol. The number of nitrogens with one attached hydrogen (secondary N) is 1. The lowest BCUT2D eigenvalue weighted by atomic mass is 10.4. The van der Waals surface area contributed by atoms with Crippen molar-refractivity contribution in [2.75, 3.05) is 17.8 Å². The Labute approximate surface area is 109 Å². The molecular formula is C9H17N5O3S. The first-order chi connectivity index (χ1) is 8.55. The van der Waals surface area contributed by atoms with E-state index in [1.165, 1.54) is 11.8 Å². The van der Waals surface area contributed by atoms with Crippen LogP contribution in [0.5, 0.6) is 6.01 Å². The Kier molecular flexibility index (Phi) is 6.05. The zero-order valence-electron chi connectivity index (χ0n) is 10.2. The Morgan fingerprint density at radius 2 is 2.11 bits per heavy atom. The molecular weight excluding hydrogens is 258 g/mol. The maximum Gasteiger partial charge on any atom is 0.322 e. The fourth-order valence-electron chi connectivity index (χ4n) is 0.954. The van der Waals surface area contributed by atoms with Gasteiger partial charge in [-0.1, -0.05) is 11.8 Å². The molecule has 0 radical (unpaired) electrons. The molecule has 0 aliphatic carbocycles. The number of aliphatic hydroxyl groups is 2. The number of nitrogens with two attached hydrogens (primary N) is 1. The largest absolute Gasteiger partial charge is 0.461 e. The minimum atomic E-state index is -0.824. The third-order valence-electron chi connectivity index (χ3n) is 1.68. The third kappa shape index (κ3) is 5.00. The Morgan fingerprint density at radius 1 is 1.39 bits per heavy atom. The summed E-state index contributed by atoms with van der Waals surface area (Å²) in [5.74, 6) is 5.70. The van der Waals surface area contributed by atoms with Gasteiger partial charge in [-0.3, -0.25) is 5.43 Å². The molecule has 1 rings (SSSR count). The van der Waals surface area contributed by atoms with Crippen molar-refractivity contribution in [3.63, 3.8) is 0 Å². The topological polar surface area (TPSA) is 126 Å². The van der Waals surface area contributed by atoms with Crippen LogP contribution in [0, 0.1) is 0 Å². The predicted octanol–water partition coefficient (Wildman–Crippen LogP) is -0.610. The van der Waals surface area contributed by atoms with Gasteiger partial charge in [0.05, 0.1) is 18.8 Å². The summed E-state index contributed by atoms with van der Waals surface area (Å²) >= 11 is 1.18. The summed E-state index contributed by atoms with van der Waals surface area (Å²) in [6, 6.07) is 0.161. The summed E-state index contributed by atoms with van der Waals surface area (Å²) in [6.07, 6.45) is -0.894. The fourth-order valence-corrected chi connectivity index (χ4v) is 1.69. The van der Waals surface area contributed by atoms with Crippen LogP contribution in [0.3, 0.4) is 0 Å². The minimum absolute atomic E-state index is 0.0705. The van der Waals surface area contributed by atoms with Crippen molar-refractivity contribution in [3.05, 3.63) is 0 Å². The van der Waals surface area contributed by atoms with E-state index in [-0.39, 0.29) is 30.4 Å². The molecule has 1 unspecified atom stereocenters. The molecule has 0 amide bonds. The van der Waals surface area contributed by atoms with Crippen molar-refractivity contribution in [3.8, 4) is 6.01 Å². The molecule has 8 nitrogen and oxygen atoms in total. The zero-order chi connectivity index (χ0) is 13.5. The minimum Gasteiger partial charge on any atom is -0.461 e. The SMILES string of the molecule is CC(C)Oc1nc(NN)nc(SCC(O)CO)n1. The highest BCUT2D eigenvalue weighted by Crippen LogP contribution is 2.18. The highest BCUT2D eigenvalue weighted by molar-refractivity contribution is 7.99. The van der Waals surface area contributed by atoms with Gasteiger partial charge in [0, 0.05) is 5.75 Å². The van der Waals surface area contributed by atoms with Crippen LogP contribution in [-0.2, 0) is 0 Å². The van der Waals surface area contributed by atoms with E-state index in [4.69, 9.17) is 15.7 Å². The first-order valence-corrected chi connectivity index (χ1v) is 6.34. The molecule has 0 bridgehead atoms. The van der Waals surface area contributed by atoms with Crippen molar-refractivity contribution in [1.29, 1.82) is 0 Å². The van der Waals surface area contributed by atoms with Crippen LogP contribution in [0.1, 0.15) is 13.8 Å². The smallest absolute Gasteiger partial charge is 0.322 e. The lowest BCUT2D eigenvalue weighted by Crippen LogP contribution is -2.17. The first-order valence-electron chi connectivity index (χ1n) is 5.36. The van der Waals surface area contributed by atoms with Crippen LogP contribution >= 0.6 is 11.8 Å².